The maximum atomic E-state index is 13.7. The van der Waals surface area contributed by atoms with Gasteiger partial charge in [-0.05, 0) is 35.9 Å². The minimum Gasteiger partial charge on any atom is -0.439 e. The number of ether oxygens (including phenoxy) is 2. The van der Waals surface area contributed by atoms with Crippen LogP contribution in [0.25, 0.3) is 0 Å². The van der Waals surface area contributed by atoms with Gasteiger partial charge >= 0.3 is 12.4 Å². The van der Waals surface area contributed by atoms with E-state index in [1.54, 1.807) is 11.0 Å². The predicted octanol–water partition coefficient (Wildman–Crippen LogP) is 6.21. The number of urea groups is 1. The fourth-order valence-corrected chi connectivity index (χ4v) is 3.85. The zero-order valence-electron chi connectivity index (χ0n) is 18.7. The number of benzene rings is 2. The number of halogens is 4. The molecule has 2 aromatic carbocycles. The molecule has 0 unspecified atom stereocenters. The molecule has 6 nitrogen and oxygen atoms in total. The normalized spacial score (nSPS) is 14.4. The lowest BCUT2D eigenvalue weighted by Gasteiger charge is -2.20. The van der Waals surface area contributed by atoms with Gasteiger partial charge in [-0.3, -0.25) is 4.90 Å². The van der Waals surface area contributed by atoms with E-state index in [9.17, 15) is 22.4 Å². The first-order chi connectivity index (χ1) is 16.4. The van der Waals surface area contributed by atoms with Crippen LogP contribution in [0.3, 0.4) is 0 Å². The highest BCUT2D eigenvalue weighted by Crippen LogP contribution is 2.41. The van der Waals surface area contributed by atoms with E-state index in [4.69, 9.17) is 4.74 Å². The first-order valence-electron chi connectivity index (χ1n) is 10.5. The van der Waals surface area contributed by atoms with Crippen molar-refractivity contribution in [3.05, 3.63) is 71.7 Å². The Morgan fingerprint density at radius 1 is 1.14 bits per heavy atom. The van der Waals surface area contributed by atoms with Gasteiger partial charge in [-0.1, -0.05) is 26.0 Å². The van der Waals surface area contributed by atoms with Crippen LogP contribution < -0.4 is 19.7 Å². The number of carbonyl (C=O) groups excluding carboxylic acids is 1. The molecule has 0 atom stereocenters. The van der Waals surface area contributed by atoms with Crippen LogP contribution in [0.2, 0.25) is 0 Å². The van der Waals surface area contributed by atoms with Crippen molar-refractivity contribution in [2.45, 2.75) is 37.1 Å². The van der Waals surface area contributed by atoms with Crippen molar-refractivity contribution in [1.82, 2.24) is 10.3 Å². The van der Waals surface area contributed by atoms with Gasteiger partial charge in [0.1, 0.15) is 5.75 Å². The zero-order valence-corrected chi connectivity index (χ0v) is 19.6. The summed E-state index contributed by atoms with van der Waals surface area (Å²) in [5.74, 6) is -2.20. The molecule has 0 bridgehead atoms. The number of nitrogens with zero attached hydrogens (tertiary/aromatic N) is 2. The molecule has 1 aliphatic heterocycles. The molecule has 2 heterocycles. The van der Waals surface area contributed by atoms with E-state index >= 15 is 0 Å². The quantitative estimate of drug-likeness (QED) is 0.319. The number of hydrogen-bond acceptors (Lipinski definition) is 5. The van der Waals surface area contributed by atoms with Crippen molar-refractivity contribution in [3.8, 4) is 17.4 Å². The average molecular weight is 508 g/mol. The molecular formula is C24H21F4N3O3S. The van der Waals surface area contributed by atoms with Crippen LogP contribution in [0.4, 0.5) is 28.0 Å². The summed E-state index contributed by atoms with van der Waals surface area (Å²) < 4.78 is 60.4. The van der Waals surface area contributed by atoms with Gasteiger partial charge in [-0.25, -0.2) is 14.2 Å². The van der Waals surface area contributed by atoms with E-state index in [1.807, 2.05) is 38.1 Å². The van der Waals surface area contributed by atoms with Gasteiger partial charge in [0.25, 0.3) is 0 Å². The standard InChI is InChI=1S/C24H21F4N3O3S/c1-23(2)13-31(22(32)29-12-14-3-6-16(35)7-4-14)18-9-10-20(30-21(18)23)33-15-5-8-17(25)19(11-15)34-24(26,27)28/h3-11,35H,12-13H2,1-2H3,(H,29,32). The van der Waals surface area contributed by atoms with E-state index in [0.29, 0.717) is 24.5 Å². The Kier molecular flexibility index (Phi) is 6.54. The number of rotatable bonds is 5. The molecule has 1 aromatic heterocycles. The van der Waals surface area contributed by atoms with Crippen LogP contribution in [0.15, 0.2) is 59.5 Å². The van der Waals surface area contributed by atoms with Gasteiger partial charge in [0.2, 0.25) is 5.88 Å². The SMILES string of the molecule is CC1(C)CN(C(=O)NCc2ccc(S)cc2)c2ccc(Oc3ccc(F)c(OC(F)(F)F)c3)nc21. The fraction of sp³-hybridized carbons (Fsp3) is 0.250. The molecule has 3 aromatic rings. The van der Waals surface area contributed by atoms with Crippen LogP contribution in [-0.4, -0.2) is 23.9 Å². The second-order valence-electron chi connectivity index (χ2n) is 8.55. The van der Waals surface area contributed by atoms with Gasteiger partial charge in [-0.2, -0.15) is 0 Å². The van der Waals surface area contributed by atoms with Crippen molar-refractivity contribution < 1.29 is 31.8 Å². The Morgan fingerprint density at radius 2 is 1.86 bits per heavy atom. The van der Waals surface area contributed by atoms with Crippen molar-refractivity contribution in [2.24, 2.45) is 0 Å². The monoisotopic (exact) mass is 507 g/mol. The van der Waals surface area contributed by atoms with Crippen LogP contribution in [0.5, 0.6) is 17.4 Å². The Hall–Kier alpha value is -3.47. The third-order valence-corrected chi connectivity index (χ3v) is 5.61. The highest BCUT2D eigenvalue weighted by molar-refractivity contribution is 7.80. The molecule has 0 saturated heterocycles. The molecule has 0 radical (unpaired) electrons. The molecular weight excluding hydrogens is 486 g/mol. The number of amides is 2. The molecule has 0 aliphatic carbocycles. The smallest absolute Gasteiger partial charge is 0.439 e. The van der Waals surface area contributed by atoms with E-state index in [-0.39, 0.29) is 17.7 Å². The van der Waals surface area contributed by atoms with E-state index < -0.39 is 23.3 Å². The molecule has 11 heteroatoms. The predicted molar refractivity (Wildman–Crippen MR) is 124 cm³/mol. The summed E-state index contributed by atoms with van der Waals surface area (Å²) in [5, 5.41) is 2.89. The van der Waals surface area contributed by atoms with Gasteiger partial charge in [-0.15, -0.1) is 25.8 Å². The van der Waals surface area contributed by atoms with Gasteiger partial charge in [0.15, 0.2) is 11.6 Å². The fourth-order valence-electron chi connectivity index (χ4n) is 3.70. The van der Waals surface area contributed by atoms with Crippen molar-refractivity contribution >= 4 is 24.3 Å². The summed E-state index contributed by atoms with van der Waals surface area (Å²) in [4.78, 5) is 19.8. The van der Waals surface area contributed by atoms with Crippen molar-refractivity contribution in [1.29, 1.82) is 0 Å². The van der Waals surface area contributed by atoms with Gasteiger partial charge < -0.3 is 14.8 Å². The molecule has 0 fully saturated rings. The summed E-state index contributed by atoms with van der Waals surface area (Å²) in [7, 11) is 0. The average Bonchev–Trinajstić information content (AvgIpc) is 3.05. The third-order valence-electron chi connectivity index (χ3n) is 5.31. The second kappa shape index (κ2) is 9.29. The number of aromatic nitrogens is 1. The molecule has 0 saturated carbocycles. The highest BCUT2D eigenvalue weighted by Gasteiger charge is 2.40. The van der Waals surface area contributed by atoms with E-state index in [0.717, 1.165) is 22.6 Å². The summed E-state index contributed by atoms with van der Waals surface area (Å²) >= 11 is 4.25. The van der Waals surface area contributed by atoms with E-state index in [2.05, 4.69) is 27.7 Å². The zero-order chi connectivity index (χ0) is 25.4. The summed E-state index contributed by atoms with van der Waals surface area (Å²) in [6.45, 7) is 4.52. The molecule has 0 spiro atoms. The number of carbonyl (C=O) groups is 1. The number of thiol groups is 1. The number of hydrogen-bond donors (Lipinski definition) is 2. The molecule has 35 heavy (non-hydrogen) atoms. The lowest BCUT2D eigenvalue weighted by atomic mass is 9.91. The molecule has 4 rings (SSSR count). The van der Waals surface area contributed by atoms with Gasteiger partial charge in [0.05, 0.1) is 11.4 Å². The number of nitrogens with one attached hydrogen (secondary N) is 1. The van der Waals surface area contributed by atoms with Crippen molar-refractivity contribution in [2.75, 3.05) is 11.4 Å². The van der Waals surface area contributed by atoms with Crippen LogP contribution in [0, 0.1) is 5.82 Å². The summed E-state index contributed by atoms with van der Waals surface area (Å²) in [6.07, 6.45) is -5.05. The number of pyridine rings is 1. The lowest BCUT2D eigenvalue weighted by Crippen LogP contribution is -2.41. The minimum atomic E-state index is -5.05. The number of fused-ring (bicyclic) bond motifs is 1. The Bertz CT molecular complexity index is 1250. The topological polar surface area (TPSA) is 63.7 Å². The molecule has 2 amide bonds. The van der Waals surface area contributed by atoms with Crippen molar-refractivity contribution in [3.63, 3.8) is 0 Å². The van der Waals surface area contributed by atoms with Crippen LogP contribution in [-0.2, 0) is 12.0 Å². The van der Waals surface area contributed by atoms with E-state index in [1.165, 1.54) is 12.1 Å². The maximum Gasteiger partial charge on any atom is 0.573 e. The van der Waals surface area contributed by atoms with Crippen LogP contribution in [0.1, 0.15) is 25.1 Å². The third kappa shape index (κ3) is 5.79. The number of alkyl halides is 3. The highest BCUT2D eigenvalue weighted by atomic mass is 32.1. The summed E-state index contributed by atoms with van der Waals surface area (Å²) in [6, 6.07) is 13.0. The maximum absolute atomic E-state index is 13.7. The second-order valence-corrected chi connectivity index (χ2v) is 9.07. The molecule has 184 valence electrons. The summed E-state index contributed by atoms with van der Waals surface area (Å²) in [5.41, 5.74) is 1.57. The largest absolute Gasteiger partial charge is 0.573 e. The Labute approximate surface area is 204 Å². The lowest BCUT2D eigenvalue weighted by molar-refractivity contribution is -0.275. The Balaban J connectivity index is 1.51. The molecule has 1 aliphatic rings. The Morgan fingerprint density at radius 3 is 2.54 bits per heavy atom. The first kappa shape index (κ1) is 24.6. The van der Waals surface area contributed by atoms with Gasteiger partial charge in [0, 0.05) is 35.5 Å². The minimum absolute atomic E-state index is 0.0792. The first-order valence-corrected chi connectivity index (χ1v) is 10.9. The molecule has 1 N–H and O–H groups in total. The number of anilines is 1. The van der Waals surface area contributed by atoms with Crippen LogP contribution >= 0.6 is 12.6 Å².